The first-order valence-electron chi connectivity index (χ1n) is 8.72. The number of aromatic nitrogens is 1. The van der Waals surface area contributed by atoms with Gasteiger partial charge in [0, 0.05) is 18.2 Å². The predicted molar refractivity (Wildman–Crippen MR) is 116 cm³/mol. The third-order valence-electron chi connectivity index (χ3n) is 4.44. The number of pyridine rings is 1. The Morgan fingerprint density at radius 1 is 1.20 bits per heavy atom. The van der Waals surface area contributed by atoms with E-state index in [0.29, 0.717) is 22.0 Å². The summed E-state index contributed by atoms with van der Waals surface area (Å²) in [6.45, 7) is 0.0328. The Kier molecular flexibility index (Phi) is 6.40. The largest absolute Gasteiger partial charge is 0.511 e. The lowest BCUT2D eigenvalue weighted by molar-refractivity contribution is 0.144. The molecule has 0 atom stereocenters. The van der Waals surface area contributed by atoms with E-state index in [9.17, 15) is 18.0 Å². The number of hydrogen-bond acceptors (Lipinski definition) is 5. The summed E-state index contributed by atoms with van der Waals surface area (Å²) in [5.41, 5.74) is 1.36. The van der Waals surface area contributed by atoms with Crippen LogP contribution in [0.1, 0.15) is 11.1 Å². The van der Waals surface area contributed by atoms with E-state index < -0.39 is 27.2 Å². The van der Waals surface area contributed by atoms with Gasteiger partial charge in [-0.15, -0.1) is 0 Å². The van der Waals surface area contributed by atoms with E-state index in [1.807, 2.05) is 6.07 Å². The van der Waals surface area contributed by atoms with Crippen molar-refractivity contribution in [3.8, 4) is 5.75 Å². The summed E-state index contributed by atoms with van der Waals surface area (Å²) in [4.78, 5) is 23.7. The van der Waals surface area contributed by atoms with Gasteiger partial charge in [0.1, 0.15) is 9.84 Å². The highest BCUT2D eigenvalue weighted by molar-refractivity contribution is 7.90. The first kappa shape index (κ1) is 22.1. The fraction of sp³-hybridized carbons (Fsp3) is 0.200. The zero-order valence-corrected chi connectivity index (χ0v) is 18.1. The van der Waals surface area contributed by atoms with Gasteiger partial charge in [0.2, 0.25) is 5.43 Å². The van der Waals surface area contributed by atoms with Crippen molar-refractivity contribution in [1.29, 1.82) is 0 Å². The Morgan fingerprint density at radius 2 is 1.93 bits per heavy atom. The van der Waals surface area contributed by atoms with Crippen molar-refractivity contribution >= 4 is 50.1 Å². The summed E-state index contributed by atoms with van der Waals surface area (Å²) >= 11 is 12.3. The molecular formula is C20H17Cl2NO6S. The highest BCUT2D eigenvalue weighted by Gasteiger charge is 2.15. The van der Waals surface area contributed by atoms with Crippen LogP contribution in [0.15, 0.2) is 47.4 Å². The molecular weight excluding hydrogens is 453 g/mol. The maximum Gasteiger partial charge on any atom is 0.511 e. The molecule has 3 aromatic rings. The van der Waals surface area contributed by atoms with E-state index in [-0.39, 0.29) is 17.7 Å². The van der Waals surface area contributed by atoms with Gasteiger partial charge in [-0.25, -0.2) is 13.2 Å². The normalized spacial score (nSPS) is 11.6. The molecule has 0 aliphatic carbocycles. The molecule has 0 aliphatic heterocycles. The smallest absolute Gasteiger partial charge is 0.449 e. The zero-order chi connectivity index (χ0) is 22.1. The maximum atomic E-state index is 12.8. The van der Waals surface area contributed by atoms with Crippen LogP contribution in [0.5, 0.6) is 5.75 Å². The standard InChI is InChI=1S/C20H17Cl2NO6S/c1-30(27,28)8-7-23-11-17(29-20(25)26)19(24)14-10-12(5-6-16(14)23)9-13-3-2-4-15(21)18(13)22/h2-6,10-11H,7-9H2,1H3,(H,25,26). The second-order valence-electron chi connectivity index (χ2n) is 6.75. The molecule has 1 heterocycles. The lowest BCUT2D eigenvalue weighted by atomic mass is 10.0. The molecule has 0 radical (unpaired) electrons. The quantitative estimate of drug-likeness (QED) is 0.547. The molecule has 0 amide bonds. The summed E-state index contributed by atoms with van der Waals surface area (Å²) in [7, 11) is -3.28. The molecule has 1 aromatic heterocycles. The number of fused-ring (bicyclic) bond motifs is 1. The molecule has 2 aromatic carbocycles. The highest BCUT2D eigenvalue weighted by atomic mass is 35.5. The number of hydrogen-bond donors (Lipinski definition) is 1. The van der Waals surface area contributed by atoms with Gasteiger partial charge in [-0.3, -0.25) is 4.79 Å². The molecule has 158 valence electrons. The van der Waals surface area contributed by atoms with Gasteiger partial charge in [-0.2, -0.15) is 0 Å². The maximum absolute atomic E-state index is 12.8. The van der Waals surface area contributed by atoms with Crippen LogP contribution in [0.4, 0.5) is 4.79 Å². The highest BCUT2D eigenvalue weighted by Crippen LogP contribution is 2.28. The van der Waals surface area contributed by atoms with Crippen LogP contribution in [0, 0.1) is 0 Å². The monoisotopic (exact) mass is 469 g/mol. The second kappa shape index (κ2) is 8.67. The van der Waals surface area contributed by atoms with Crippen molar-refractivity contribution in [2.45, 2.75) is 13.0 Å². The Hall–Kier alpha value is -2.55. The first-order valence-corrected chi connectivity index (χ1v) is 11.5. The molecule has 3 rings (SSSR count). The molecule has 10 heteroatoms. The Bertz CT molecular complexity index is 1300. The third-order valence-corrected chi connectivity index (χ3v) is 6.22. The Balaban J connectivity index is 2.11. The average molecular weight is 470 g/mol. The minimum Gasteiger partial charge on any atom is -0.449 e. The van der Waals surface area contributed by atoms with Crippen LogP contribution >= 0.6 is 23.2 Å². The number of sulfone groups is 1. The molecule has 0 saturated heterocycles. The van der Waals surface area contributed by atoms with Gasteiger partial charge in [0.15, 0.2) is 5.75 Å². The molecule has 30 heavy (non-hydrogen) atoms. The first-order chi connectivity index (χ1) is 14.0. The van der Waals surface area contributed by atoms with Crippen LogP contribution < -0.4 is 10.2 Å². The van der Waals surface area contributed by atoms with Crippen molar-refractivity contribution in [3.05, 3.63) is 74.0 Å². The number of nitrogens with zero attached hydrogens (tertiary/aromatic N) is 1. The van der Waals surface area contributed by atoms with Crippen molar-refractivity contribution in [2.24, 2.45) is 0 Å². The summed E-state index contributed by atoms with van der Waals surface area (Å²) in [5, 5.41) is 9.95. The molecule has 1 N–H and O–H groups in total. The van der Waals surface area contributed by atoms with E-state index in [1.165, 1.54) is 10.8 Å². The SMILES string of the molecule is CS(=O)(=O)CCn1cc(OC(=O)O)c(=O)c2cc(Cc3cccc(Cl)c3Cl)ccc21. The van der Waals surface area contributed by atoms with E-state index in [2.05, 4.69) is 4.74 Å². The topological polar surface area (TPSA) is 103 Å². The van der Waals surface area contributed by atoms with E-state index >= 15 is 0 Å². The lowest BCUT2D eigenvalue weighted by Gasteiger charge is -2.14. The van der Waals surface area contributed by atoms with Crippen LogP contribution in [-0.2, 0) is 22.8 Å². The van der Waals surface area contributed by atoms with E-state index in [0.717, 1.165) is 17.4 Å². The molecule has 0 saturated carbocycles. The van der Waals surface area contributed by atoms with Gasteiger partial charge < -0.3 is 14.4 Å². The summed E-state index contributed by atoms with van der Waals surface area (Å²) < 4.78 is 29.2. The predicted octanol–water partition coefficient (Wildman–Crippen LogP) is 4.00. The number of benzene rings is 2. The van der Waals surface area contributed by atoms with Gasteiger partial charge in [0.05, 0.1) is 27.5 Å². The number of rotatable bonds is 6. The van der Waals surface area contributed by atoms with E-state index in [1.54, 1.807) is 30.3 Å². The van der Waals surface area contributed by atoms with Crippen LogP contribution in [0.2, 0.25) is 10.0 Å². The van der Waals surface area contributed by atoms with Gasteiger partial charge >= 0.3 is 6.16 Å². The minimum absolute atomic E-state index is 0.0328. The van der Waals surface area contributed by atoms with Gasteiger partial charge in [-0.05, 0) is 35.7 Å². The number of halogens is 2. The fourth-order valence-electron chi connectivity index (χ4n) is 3.05. The average Bonchev–Trinajstić information content (AvgIpc) is 2.66. The molecule has 0 aliphatic rings. The molecule has 0 unspecified atom stereocenters. The molecule has 0 bridgehead atoms. The fourth-order valence-corrected chi connectivity index (χ4v) is 3.96. The Morgan fingerprint density at radius 3 is 2.60 bits per heavy atom. The van der Waals surface area contributed by atoms with Crippen LogP contribution in [0.25, 0.3) is 10.9 Å². The van der Waals surface area contributed by atoms with Crippen molar-refractivity contribution in [2.75, 3.05) is 12.0 Å². The number of carbonyl (C=O) groups is 1. The Labute approximate surface area is 182 Å². The van der Waals surface area contributed by atoms with E-state index in [4.69, 9.17) is 28.3 Å². The van der Waals surface area contributed by atoms with Gasteiger partial charge in [-0.1, -0.05) is 41.4 Å². The number of aryl methyl sites for hydroxylation is 1. The van der Waals surface area contributed by atoms with Crippen molar-refractivity contribution < 1.29 is 23.1 Å². The molecule has 7 nitrogen and oxygen atoms in total. The summed E-state index contributed by atoms with van der Waals surface area (Å²) in [6.07, 6.45) is 1.06. The minimum atomic E-state index is -3.28. The lowest BCUT2D eigenvalue weighted by Crippen LogP contribution is -2.19. The number of carboxylic acid groups (broad SMARTS) is 1. The van der Waals surface area contributed by atoms with Crippen LogP contribution in [0.3, 0.4) is 0 Å². The van der Waals surface area contributed by atoms with Crippen molar-refractivity contribution in [1.82, 2.24) is 4.57 Å². The number of ether oxygens (including phenoxy) is 1. The summed E-state index contributed by atoms with van der Waals surface area (Å²) in [5.74, 6) is -0.585. The third kappa shape index (κ3) is 5.13. The van der Waals surface area contributed by atoms with Crippen molar-refractivity contribution in [3.63, 3.8) is 0 Å². The van der Waals surface area contributed by atoms with Crippen LogP contribution in [-0.4, -0.2) is 36.3 Å². The molecule has 0 spiro atoms. The zero-order valence-electron chi connectivity index (χ0n) is 15.8. The second-order valence-corrected chi connectivity index (χ2v) is 9.80. The summed E-state index contributed by atoms with van der Waals surface area (Å²) in [6, 6.07) is 10.3. The molecule has 0 fully saturated rings. The van der Waals surface area contributed by atoms with Gasteiger partial charge in [0.25, 0.3) is 0 Å².